The summed E-state index contributed by atoms with van der Waals surface area (Å²) in [5.41, 5.74) is 5.47. The van der Waals surface area contributed by atoms with E-state index >= 15 is 0 Å². The van der Waals surface area contributed by atoms with Crippen molar-refractivity contribution in [3.05, 3.63) is 0 Å². The monoisotopic (exact) mass is 291 g/mol. The number of carbonyl (C=O) groups excluding carboxylic acids is 1. The maximum atomic E-state index is 12.1. The first kappa shape index (κ1) is 18.7. The molecule has 4 nitrogen and oxygen atoms in total. The van der Waals surface area contributed by atoms with E-state index in [-0.39, 0.29) is 29.9 Å². The average Bonchev–Trinajstić information content (AvgIpc) is 2.26. The molecule has 0 aliphatic carbocycles. The topological polar surface area (TPSA) is 58.4 Å². The van der Waals surface area contributed by atoms with Gasteiger partial charge in [0.1, 0.15) is 0 Å². The first-order valence-corrected chi connectivity index (χ1v) is 7.09. The van der Waals surface area contributed by atoms with Crippen LogP contribution in [-0.4, -0.2) is 42.0 Å². The summed E-state index contributed by atoms with van der Waals surface area (Å²) < 4.78 is 0. The van der Waals surface area contributed by atoms with Crippen molar-refractivity contribution in [3.63, 3.8) is 0 Å². The van der Waals surface area contributed by atoms with Crippen LogP contribution in [0.4, 0.5) is 0 Å². The lowest BCUT2D eigenvalue weighted by atomic mass is 9.93. The molecule has 19 heavy (non-hydrogen) atoms. The second-order valence-corrected chi connectivity index (χ2v) is 6.50. The third-order valence-electron chi connectivity index (χ3n) is 3.55. The van der Waals surface area contributed by atoms with Gasteiger partial charge in [-0.05, 0) is 66.0 Å². The highest BCUT2D eigenvalue weighted by Crippen LogP contribution is 2.21. The molecule has 1 rings (SSSR count). The molecule has 1 heterocycles. The molecule has 1 amide bonds. The number of piperidine rings is 1. The van der Waals surface area contributed by atoms with E-state index in [1.165, 1.54) is 12.8 Å². The molecule has 2 atom stereocenters. The van der Waals surface area contributed by atoms with Crippen LogP contribution in [0, 0.1) is 5.92 Å². The molecule has 0 spiro atoms. The van der Waals surface area contributed by atoms with Crippen LogP contribution in [0.5, 0.6) is 0 Å². The molecule has 2 unspecified atom stereocenters. The average molecular weight is 292 g/mol. The van der Waals surface area contributed by atoms with Gasteiger partial charge in [-0.25, -0.2) is 0 Å². The van der Waals surface area contributed by atoms with Gasteiger partial charge >= 0.3 is 0 Å². The lowest BCUT2D eigenvalue weighted by Crippen LogP contribution is -2.53. The van der Waals surface area contributed by atoms with Gasteiger partial charge in [0, 0.05) is 12.1 Å². The third kappa shape index (κ3) is 6.59. The van der Waals surface area contributed by atoms with Crippen LogP contribution in [0.2, 0.25) is 0 Å². The molecule has 0 aromatic rings. The first-order valence-electron chi connectivity index (χ1n) is 7.09. The SMILES string of the molecule is CC(C(=O)NC(C)(C)C)N1CCCC(CCN)C1.Cl. The van der Waals surface area contributed by atoms with Gasteiger partial charge < -0.3 is 11.1 Å². The zero-order valence-electron chi connectivity index (χ0n) is 12.7. The Kier molecular flexibility index (Phi) is 7.94. The Morgan fingerprint density at radius 1 is 1.47 bits per heavy atom. The molecule has 114 valence electrons. The molecule has 5 heteroatoms. The van der Waals surface area contributed by atoms with Crippen molar-refractivity contribution in [3.8, 4) is 0 Å². The number of halogens is 1. The van der Waals surface area contributed by atoms with Crippen molar-refractivity contribution in [2.45, 2.75) is 58.5 Å². The fraction of sp³-hybridized carbons (Fsp3) is 0.929. The fourth-order valence-electron chi connectivity index (χ4n) is 2.56. The zero-order chi connectivity index (χ0) is 13.8. The smallest absolute Gasteiger partial charge is 0.237 e. The van der Waals surface area contributed by atoms with Gasteiger partial charge in [0.25, 0.3) is 0 Å². The highest BCUT2D eigenvalue weighted by molar-refractivity contribution is 5.85. The summed E-state index contributed by atoms with van der Waals surface area (Å²) in [4.78, 5) is 14.4. The van der Waals surface area contributed by atoms with Crippen LogP contribution in [0.25, 0.3) is 0 Å². The standard InChI is InChI=1S/C14H29N3O.ClH/c1-11(13(18)16-14(2,3)4)17-9-5-6-12(10-17)7-8-15;/h11-12H,5-10,15H2,1-4H3,(H,16,18);1H. The van der Waals surface area contributed by atoms with Crippen molar-refractivity contribution in [2.75, 3.05) is 19.6 Å². The summed E-state index contributed by atoms with van der Waals surface area (Å²) in [6.07, 6.45) is 3.50. The number of hydrogen-bond donors (Lipinski definition) is 2. The predicted molar refractivity (Wildman–Crippen MR) is 82.6 cm³/mol. The van der Waals surface area contributed by atoms with Crippen molar-refractivity contribution in [1.29, 1.82) is 0 Å². The second-order valence-electron chi connectivity index (χ2n) is 6.50. The number of likely N-dealkylation sites (tertiary alicyclic amines) is 1. The van der Waals surface area contributed by atoms with E-state index in [0.717, 1.165) is 26.1 Å². The van der Waals surface area contributed by atoms with Gasteiger partial charge in [-0.3, -0.25) is 9.69 Å². The minimum absolute atomic E-state index is 0. The Balaban J connectivity index is 0.00000324. The Morgan fingerprint density at radius 3 is 2.63 bits per heavy atom. The van der Waals surface area contributed by atoms with Crippen molar-refractivity contribution in [2.24, 2.45) is 11.7 Å². The summed E-state index contributed by atoms with van der Waals surface area (Å²) in [5, 5.41) is 3.06. The quantitative estimate of drug-likeness (QED) is 0.830. The Hall–Kier alpha value is -0.320. The molecule has 0 radical (unpaired) electrons. The highest BCUT2D eigenvalue weighted by Gasteiger charge is 2.28. The normalized spacial score (nSPS) is 22.5. The molecule has 3 N–H and O–H groups in total. The van der Waals surface area contributed by atoms with E-state index in [1.807, 2.05) is 27.7 Å². The van der Waals surface area contributed by atoms with Gasteiger partial charge in [-0.15, -0.1) is 12.4 Å². The summed E-state index contributed by atoms with van der Waals surface area (Å²) >= 11 is 0. The Labute approximate surface area is 123 Å². The Morgan fingerprint density at radius 2 is 2.11 bits per heavy atom. The third-order valence-corrected chi connectivity index (χ3v) is 3.55. The number of nitrogens with zero attached hydrogens (tertiary/aromatic N) is 1. The number of hydrogen-bond acceptors (Lipinski definition) is 3. The van der Waals surface area contributed by atoms with Gasteiger partial charge in [0.05, 0.1) is 6.04 Å². The summed E-state index contributed by atoms with van der Waals surface area (Å²) in [7, 11) is 0. The maximum Gasteiger partial charge on any atom is 0.237 e. The lowest BCUT2D eigenvalue weighted by molar-refractivity contribution is -0.128. The van der Waals surface area contributed by atoms with Crippen molar-refractivity contribution in [1.82, 2.24) is 10.2 Å². The molecule has 1 fully saturated rings. The summed E-state index contributed by atoms with van der Waals surface area (Å²) in [6.45, 7) is 10.9. The minimum Gasteiger partial charge on any atom is -0.350 e. The molecule has 0 aromatic heterocycles. The van der Waals surface area contributed by atoms with E-state index in [0.29, 0.717) is 5.92 Å². The highest BCUT2D eigenvalue weighted by atomic mass is 35.5. The summed E-state index contributed by atoms with van der Waals surface area (Å²) in [6, 6.07) is -0.0372. The van der Waals surface area contributed by atoms with Crippen molar-refractivity contribution < 1.29 is 4.79 Å². The first-order chi connectivity index (χ1) is 8.33. The number of carbonyl (C=O) groups is 1. The maximum absolute atomic E-state index is 12.1. The van der Waals surface area contributed by atoms with Crippen molar-refractivity contribution >= 4 is 18.3 Å². The molecule has 1 saturated heterocycles. The fourth-order valence-corrected chi connectivity index (χ4v) is 2.56. The van der Waals surface area contributed by atoms with E-state index in [1.54, 1.807) is 0 Å². The summed E-state index contributed by atoms with van der Waals surface area (Å²) in [5.74, 6) is 0.796. The van der Waals surface area contributed by atoms with Crippen LogP contribution >= 0.6 is 12.4 Å². The van der Waals surface area contributed by atoms with Gasteiger partial charge in [-0.2, -0.15) is 0 Å². The van der Waals surface area contributed by atoms with Crippen LogP contribution in [0.15, 0.2) is 0 Å². The van der Waals surface area contributed by atoms with E-state index in [9.17, 15) is 4.79 Å². The molecule has 0 saturated carbocycles. The largest absolute Gasteiger partial charge is 0.350 e. The number of nitrogens with one attached hydrogen (secondary N) is 1. The van der Waals surface area contributed by atoms with E-state index in [4.69, 9.17) is 5.73 Å². The number of nitrogens with two attached hydrogens (primary N) is 1. The van der Waals surface area contributed by atoms with Crippen LogP contribution in [-0.2, 0) is 4.79 Å². The predicted octanol–water partition coefficient (Wildman–Crippen LogP) is 1.77. The van der Waals surface area contributed by atoms with Crippen LogP contribution in [0.1, 0.15) is 47.0 Å². The Bertz CT molecular complexity index is 276. The molecular weight excluding hydrogens is 262 g/mol. The number of rotatable bonds is 4. The molecule has 1 aliphatic rings. The lowest BCUT2D eigenvalue weighted by Gasteiger charge is -2.37. The zero-order valence-corrected chi connectivity index (χ0v) is 13.6. The van der Waals surface area contributed by atoms with E-state index in [2.05, 4.69) is 10.2 Å². The van der Waals surface area contributed by atoms with Gasteiger partial charge in [0.2, 0.25) is 5.91 Å². The molecule has 0 bridgehead atoms. The second kappa shape index (κ2) is 8.08. The number of amides is 1. The van der Waals surface area contributed by atoms with Gasteiger partial charge in [0.15, 0.2) is 0 Å². The van der Waals surface area contributed by atoms with Crippen LogP contribution in [0.3, 0.4) is 0 Å². The van der Waals surface area contributed by atoms with Crippen LogP contribution < -0.4 is 11.1 Å². The molecular formula is C14H30ClN3O. The van der Waals surface area contributed by atoms with E-state index < -0.39 is 0 Å². The molecule has 1 aliphatic heterocycles. The molecule has 0 aromatic carbocycles. The minimum atomic E-state index is -0.155. The van der Waals surface area contributed by atoms with Gasteiger partial charge in [-0.1, -0.05) is 0 Å².